The number of rotatable bonds is 3. The van der Waals surface area contributed by atoms with Gasteiger partial charge in [0.2, 0.25) is 0 Å². The van der Waals surface area contributed by atoms with Gasteiger partial charge in [-0.15, -0.1) is 0 Å². The second-order valence-electron chi connectivity index (χ2n) is 1.15. The van der Waals surface area contributed by atoms with Crippen molar-refractivity contribution < 1.29 is 5.11 Å². The summed E-state index contributed by atoms with van der Waals surface area (Å²) in [4.78, 5) is 0. The molecule has 1 N–H and O–H groups in total. The summed E-state index contributed by atoms with van der Waals surface area (Å²) in [6, 6.07) is 0. The zero-order valence-electron chi connectivity index (χ0n) is 3.72. The summed E-state index contributed by atoms with van der Waals surface area (Å²) in [5, 5.41) is 9.32. The van der Waals surface area contributed by atoms with Crippen LogP contribution in [0.15, 0.2) is 0 Å². The number of aliphatic hydroxyl groups excluding tert-OH is 1. The summed E-state index contributed by atoms with van der Waals surface area (Å²) in [7, 11) is 0. The van der Waals surface area contributed by atoms with Gasteiger partial charge in [0.05, 0.1) is 0 Å². The van der Waals surface area contributed by atoms with Crippen molar-refractivity contribution >= 4 is 16.0 Å². The van der Waals surface area contributed by atoms with Crippen molar-refractivity contribution in [3.63, 3.8) is 0 Å². The Hall–Kier alpha value is 0.479. The van der Waals surface area contributed by atoms with E-state index in [1.807, 2.05) is 0 Å². The first kappa shape index (κ1) is 6.48. The summed E-state index contributed by atoms with van der Waals surface area (Å²) in [6.07, 6.45) is 2.09. The van der Waals surface area contributed by atoms with Gasteiger partial charge in [0.1, 0.15) is 0 Å². The van der Waals surface area contributed by atoms with Crippen molar-refractivity contribution in [1.82, 2.24) is 0 Å². The molecule has 0 unspecified atom stereocenters. The Morgan fingerprint density at radius 1 is 1.33 bits per heavy atom. The van der Waals surface area contributed by atoms with Crippen LogP contribution in [0.5, 0.6) is 0 Å². The van der Waals surface area contributed by atoms with Gasteiger partial charge in [0, 0.05) is 0 Å². The SMILES string of the molecule is OCCCC[SeH]. The third kappa shape index (κ3) is 4.48. The predicted octanol–water partition coefficient (Wildman–Crippen LogP) is 0.0780. The van der Waals surface area contributed by atoms with Crippen molar-refractivity contribution in [1.29, 1.82) is 0 Å². The minimum atomic E-state index is 0.345. The van der Waals surface area contributed by atoms with E-state index in [1.165, 1.54) is 0 Å². The fourth-order valence-electron chi connectivity index (χ4n) is 0.224. The van der Waals surface area contributed by atoms with Gasteiger partial charge in [-0.25, -0.2) is 0 Å². The van der Waals surface area contributed by atoms with E-state index in [0.29, 0.717) is 6.61 Å². The van der Waals surface area contributed by atoms with Crippen molar-refractivity contribution in [2.75, 3.05) is 6.61 Å². The summed E-state index contributed by atoms with van der Waals surface area (Å²) in [6.45, 7) is 0.345. The molecule has 0 heterocycles. The summed E-state index contributed by atoms with van der Waals surface area (Å²) in [5.41, 5.74) is 0. The van der Waals surface area contributed by atoms with Gasteiger partial charge in [-0.1, -0.05) is 0 Å². The van der Waals surface area contributed by atoms with Crippen LogP contribution in [-0.2, 0) is 0 Å². The number of hydrogen-bond donors (Lipinski definition) is 1. The van der Waals surface area contributed by atoms with E-state index in [4.69, 9.17) is 5.11 Å². The van der Waals surface area contributed by atoms with E-state index < -0.39 is 0 Å². The first-order chi connectivity index (χ1) is 2.91. The van der Waals surface area contributed by atoms with Gasteiger partial charge in [0.15, 0.2) is 0 Å². The number of aliphatic hydroxyl groups is 1. The molecule has 2 heteroatoms. The summed E-state index contributed by atoms with van der Waals surface area (Å²) in [5.74, 6) is 0. The van der Waals surface area contributed by atoms with Crippen LogP contribution in [0.2, 0.25) is 5.32 Å². The molecule has 0 bridgehead atoms. The summed E-state index contributed by atoms with van der Waals surface area (Å²) >= 11 is 2.49. The molecular weight excluding hydrogens is 143 g/mol. The molecule has 0 aromatic carbocycles. The second kappa shape index (κ2) is 5.48. The van der Waals surface area contributed by atoms with Crippen molar-refractivity contribution in [3.05, 3.63) is 0 Å². The normalized spacial score (nSPS) is 9.00. The Labute approximate surface area is 46.6 Å². The molecule has 0 aliphatic rings. The number of hydrogen-bond acceptors (Lipinski definition) is 1. The average molecular weight is 153 g/mol. The van der Waals surface area contributed by atoms with Crippen LogP contribution < -0.4 is 0 Å². The van der Waals surface area contributed by atoms with E-state index in [2.05, 4.69) is 16.0 Å². The van der Waals surface area contributed by atoms with Gasteiger partial charge < -0.3 is 0 Å². The van der Waals surface area contributed by atoms with Crippen molar-refractivity contribution in [2.24, 2.45) is 0 Å². The molecule has 1 nitrogen and oxygen atoms in total. The van der Waals surface area contributed by atoms with Gasteiger partial charge >= 0.3 is 45.9 Å². The second-order valence-corrected chi connectivity index (χ2v) is 2.09. The standard InChI is InChI=1S/C4H10OSe/c5-3-1-2-4-6/h5-6H,1-4H2. The average Bonchev–Trinajstić information content (AvgIpc) is 1.61. The van der Waals surface area contributed by atoms with Crippen molar-refractivity contribution in [3.8, 4) is 0 Å². The molecule has 0 aliphatic heterocycles. The molecule has 6 heavy (non-hydrogen) atoms. The van der Waals surface area contributed by atoms with Crippen LogP contribution in [0.4, 0.5) is 0 Å². The molecule has 0 radical (unpaired) electrons. The van der Waals surface area contributed by atoms with Gasteiger partial charge in [0.25, 0.3) is 0 Å². The molecule has 0 atom stereocenters. The first-order valence-corrected chi connectivity index (χ1v) is 3.46. The van der Waals surface area contributed by atoms with Gasteiger partial charge in [-0.05, 0) is 0 Å². The van der Waals surface area contributed by atoms with Crippen LogP contribution in [0.25, 0.3) is 0 Å². The molecule has 0 rings (SSSR count). The van der Waals surface area contributed by atoms with E-state index in [0.717, 1.165) is 18.2 Å². The van der Waals surface area contributed by atoms with Crippen LogP contribution in [-0.4, -0.2) is 27.7 Å². The molecule has 0 saturated carbocycles. The molecule has 0 amide bonds. The molecule has 38 valence electrons. The molecule has 0 aromatic rings. The zero-order chi connectivity index (χ0) is 4.83. The third-order valence-electron chi connectivity index (χ3n) is 0.566. The molecule has 0 fully saturated rings. The van der Waals surface area contributed by atoms with E-state index in [-0.39, 0.29) is 0 Å². The van der Waals surface area contributed by atoms with E-state index in [9.17, 15) is 0 Å². The topological polar surface area (TPSA) is 20.2 Å². The van der Waals surface area contributed by atoms with Gasteiger partial charge in [-0.2, -0.15) is 0 Å². The molecule has 0 aliphatic carbocycles. The van der Waals surface area contributed by atoms with Crippen LogP contribution in [0.1, 0.15) is 12.8 Å². The van der Waals surface area contributed by atoms with Crippen LogP contribution in [0, 0.1) is 0 Å². The monoisotopic (exact) mass is 154 g/mol. The maximum atomic E-state index is 8.19. The van der Waals surface area contributed by atoms with Crippen LogP contribution in [0.3, 0.4) is 0 Å². The molecular formula is C4H10OSe. The third-order valence-corrected chi connectivity index (χ3v) is 1.23. The van der Waals surface area contributed by atoms with Crippen LogP contribution >= 0.6 is 0 Å². The van der Waals surface area contributed by atoms with Crippen molar-refractivity contribution in [2.45, 2.75) is 18.2 Å². The predicted molar refractivity (Wildman–Crippen MR) is 28.3 cm³/mol. The Bertz CT molecular complexity index is 19.5. The first-order valence-electron chi connectivity index (χ1n) is 2.13. The Kier molecular flexibility index (Phi) is 5.92. The Balaban J connectivity index is 2.34. The minimum absolute atomic E-state index is 0.345. The Morgan fingerprint density at radius 2 is 2.00 bits per heavy atom. The zero-order valence-corrected chi connectivity index (χ0v) is 5.60. The number of unbranched alkanes of at least 4 members (excludes halogenated alkanes) is 1. The van der Waals surface area contributed by atoms with E-state index in [1.54, 1.807) is 0 Å². The molecule has 0 spiro atoms. The quantitative estimate of drug-likeness (QED) is 0.449. The Morgan fingerprint density at radius 3 is 2.17 bits per heavy atom. The fraction of sp³-hybridized carbons (Fsp3) is 1.00. The summed E-state index contributed by atoms with van der Waals surface area (Å²) < 4.78 is 0. The fourth-order valence-corrected chi connectivity index (χ4v) is 0.693. The molecule has 0 aromatic heterocycles. The maximum absolute atomic E-state index is 8.19. The van der Waals surface area contributed by atoms with E-state index >= 15 is 0 Å². The van der Waals surface area contributed by atoms with Gasteiger partial charge in [-0.3, -0.25) is 0 Å². The molecule has 0 saturated heterocycles.